The van der Waals surface area contributed by atoms with Gasteiger partial charge in [-0.15, -0.1) is 0 Å². The molecule has 0 unspecified atom stereocenters. The molecule has 8 heteroatoms. The van der Waals surface area contributed by atoms with Gasteiger partial charge in [0.15, 0.2) is 0 Å². The minimum atomic E-state index is -0.502. The maximum absolute atomic E-state index is 11.0. The standard InChI is InChI=1S/C13H12N4O4/c1-9-5-6-14-13(12(9)17(20)21)15-8-10-3-2-4-11(7-10)16(18)19/h2-7H,8H2,1H3,(H,14,15). The third-order valence-corrected chi connectivity index (χ3v) is 2.89. The zero-order valence-corrected chi connectivity index (χ0v) is 11.1. The zero-order valence-electron chi connectivity index (χ0n) is 11.1. The first kappa shape index (κ1) is 14.4. The lowest BCUT2D eigenvalue weighted by molar-refractivity contribution is -0.384. The lowest BCUT2D eigenvalue weighted by Gasteiger charge is -2.07. The summed E-state index contributed by atoms with van der Waals surface area (Å²) in [5.74, 6) is 0.145. The summed E-state index contributed by atoms with van der Waals surface area (Å²) < 4.78 is 0. The van der Waals surface area contributed by atoms with Crippen LogP contribution in [0.2, 0.25) is 0 Å². The number of aryl methyl sites for hydroxylation is 1. The highest BCUT2D eigenvalue weighted by molar-refractivity contribution is 5.59. The van der Waals surface area contributed by atoms with Crippen LogP contribution in [-0.4, -0.2) is 14.8 Å². The summed E-state index contributed by atoms with van der Waals surface area (Å²) in [6, 6.07) is 7.61. The van der Waals surface area contributed by atoms with Crippen molar-refractivity contribution in [1.29, 1.82) is 0 Å². The predicted molar refractivity (Wildman–Crippen MR) is 76.1 cm³/mol. The normalized spacial score (nSPS) is 10.1. The van der Waals surface area contributed by atoms with E-state index in [4.69, 9.17) is 0 Å². The van der Waals surface area contributed by atoms with Crippen LogP contribution in [0.5, 0.6) is 0 Å². The average Bonchev–Trinajstić information content (AvgIpc) is 2.45. The smallest absolute Gasteiger partial charge is 0.314 e. The van der Waals surface area contributed by atoms with Gasteiger partial charge < -0.3 is 5.32 Å². The molecule has 0 aliphatic heterocycles. The number of nitrogens with one attached hydrogen (secondary N) is 1. The molecule has 108 valence electrons. The molecular formula is C13H12N4O4. The highest BCUT2D eigenvalue weighted by Gasteiger charge is 2.18. The molecule has 0 aliphatic rings. The molecule has 21 heavy (non-hydrogen) atoms. The number of aromatic nitrogens is 1. The van der Waals surface area contributed by atoms with Crippen LogP contribution in [0, 0.1) is 27.2 Å². The number of non-ortho nitro benzene ring substituents is 1. The second kappa shape index (κ2) is 5.95. The number of anilines is 1. The number of hydrogen-bond donors (Lipinski definition) is 1. The number of nitro groups is 2. The van der Waals surface area contributed by atoms with Gasteiger partial charge >= 0.3 is 5.69 Å². The number of nitro benzene ring substituents is 1. The molecule has 0 saturated carbocycles. The van der Waals surface area contributed by atoms with E-state index in [-0.39, 0.29) is 23.7 Å². The molecule has 0 radical (unpaired) electrons. The van der Waals surface area contributed by atoms with E-state index in [2.05, 4.69) is 10.3 Å². The predicted octanol–water partition coefficient (Wildman–Crippen LogP) is 2.82. The largest absolute Gasteiger partial charge is 0.360 e. The van der Waals surface area contributed by atoms with Gasteiger partial charge in [0, 0.05) is 30.4 Å². The van der Waals surface area contributed by atoms with Crippen molar-refractivity contribution in [2.45, 2.75) is 13.5 Å². The molecule has 0 saturated heterocycles. The van der Waals surface area contributed by atoms with Gasteiger partial charge in [-0.3, -0.25) is 20.2 Å². The maximum atomic E-state index is 11.0. The third-order valence-electron chi connectivity index (χ3n) is 2.89. The first-order valence-corrected chi connectivity index (χ1v) is 6.06. The summed E-state index contributed by atoms with van der Waals surface area (Å²) in [6.07, 6.45) is 1.47. The molecule has 8 nitrogen and oxygen atoms in total. The van der Waals surface area contributed by atoms with E-state index in [0.29, 0.717) is 11.1 Å². The third kappa shape index (κ3) is 3.30. The summed E-state index contributed by atoms with van der Waals surface area (Å²) in [4.78, 5) is 24.7. The van der Waals surface area contributed by atoms with Crippen LogP contribution in [0.4, 0.5) is 17.2 Å². The van der Waals surface area contributed by atoms with Crippen LogP contribution in [0.1, 0.15) is 11.1 Å². The quantitative estimate of drug-likeness (QED) is 0.668. The SMILES string of the molecule is Cc1ccnc(NCc2cccc([N+](=O)[O-])c2)c1[N+](=O)[O-]. The lowest BCUT2D eigenvalue weighted by atomic mass is 10.2. The van der Waals surface area contributed by atoms with Crippen LogP contribution in [0.25, 0.3) is 0 Å². The molecule has 1 N–H and O–H groups in total. The fourth-order valence-electron chi connectivity index (χ4n) is 1.88. The second-order valence-corrected chi connectivity index (χ2v) is 4.36. The average molecular weight is 288 g/mol. The van der Waals surface area contributed by atoms with Gasteiger partial charge in [-0.05, 0) is 18.6 Å². The van der Waals surface area contributed by atoms with Crippen LogP contribution >= 0.6 is 0 Å². The summed E-state index contributed by atoms with van der Waals surface area (Å²) in [5, 5.41) is 24.6. The Bertz CT molecular complexity index is 702. The number of nitrogens with zero attached hydrogens (tertiary/aromatic N) is 3. The first-order valence-electron chi connectivity index (χ1n) is 6.06. The van der Waals surface area contributed by atoms with Crippen molar-refractivity contribution in [3.63, 3.8) is 0 Å². The Morgan fingerprint density at radius 1 is 1.19 bits per heavy atom. The Morgan fingerprint density at radius 2 is 1.95 bits per heavy atom. The molecule has 0 bridgehead atoms. The van der Waals surface area contributed by atoms with Crippen molar-refractivity contribution in [2.75, 3.05) is 5.32 Å². The molecule has 1 aromatic carbocycles. The highest BCUT2D eigenvalue weighted by Crippen LogP contribution is 2.26. The van der Waals surface area contributed by atoms with Crippen molar-refractivity contribution >= 4 is 17.2 Å². The van der Waals surface area contributed by atoms with Crippen molar-refractivity contribution in [1.82, 2.24) is 4.98 Å². The number of benzene rings is 1. The number of rotatable bonds is 5. The molecule has 1 heterocycles. The van der Waals surface area contributed by atoms with Crippen molar-refractivity contribution in [3.05, 3.63) is 67.9 Å². The van der Waals surface area contributed by atoms with Crippen LogP contribution in [-0.2, 0) is 6.54 Å². The van der Waals surface area contributed by atoms with Crippen LogP contribution in [0.15, 0.2) is 36.5 Å². The summed E-state index contributed by atoms with van der Waals surface area (Å²) in [7, 11) is 0. The second-order valence-electron chi connectivity index (χ2n) is 4.36. The molecule has 0 fully saturated rings. The van der Waals surface area contributed by atoms with Gasteiger partial charge in [-0.25, -0.2) is 4.98 Å². The van der Waals surface area contributed by atoms with Crippen molar-refractivity contribution in [2.24, 2.45) is 0 Å². The summed E-state index contributed by atoms with van der Waals surface area (Å²) >= 11 is 0. The molecule has 2 aromatic rings. The Kier molecular flexibility index (Phi) is 4.07. The molecular weight excluding hydrogens is 276 g/mol. The molecule has 1 aromatic heterocycles. The monoisotopic (exact) mass is 288 g/mol. The van der Waals surface area contributed by atoms with E-state index >= 15 is 0 Å². The Hall–Kier alpha value is -3.03. The van der Waals surface area contributed by atoms with Gasteiger partial charge in [0.1, 0.15) is 0 Å². The zero-order chi connectivity index (χ0) is 15.4. The van der Waals surface area contributed by atoms with Gasteiger partial charge in [0.2, 0.25) is 5.82 Å². The van der Waals surface area contributed by atoms with Gasteiger partial charge in [-0.2, -0.15) is 0 Å². The van der Waals surface area contributed by atoms with E-state index in [1.807, 2.05) is 0 Å². The Morgan fingerprint density at radius 3 is 2.62 bits per heavy atom. The Labute approximate surface area is 119 Å². The van der Waals surface area contributed by atoms with Crippen LogP contribution in [0.3, 0.4) is 0 Å². The molecule has 0 amide bonds. The minimum absolute atomic E-state index is 0.0269. The highest BCUT2D eigenvalue weighted by atomic mass is 16.6. The van der Waals surface area contributed by atoms with Crippen LogP contribution < -0.4 is 5.32 Å². The fraction of sp³-hybridized carbons (Fsp3) is 0.154. The number of hydrogen-bond acceptors (Lipinski definition) is 6. The maximum Gasteiger partial charge on any atom is 0.314 e. The molecule has 0 aliphatic carbocycles. The van der Waals surface area contributed by atoms with Gasteiger partial charge in [0.05, 0.1) is 9.85 Å². The van der Waals surface area contributed by atoms with Crippen molar-refractivity contribution < 1.29 is 9.85 Å². The summed E-state index contributed by atoms with van der Waals surface area (Å²) in [5.41, 5.74) is 1.02. The lowest BCUT2D eigenvalue weighted by Crippen LogP contribution is -2.06. The molecule has 0 spiro atoms. The molecule has 0 atom stereocenters. The minimum Gasteiger partial charge on any atom is -0.360 e. The van der Waals surface area contributed by atoms with E-state index in [9.17, 15) is 20.2 Å². The Balaban J connectivity index is 2.21. The topological polar surface area (TPSA) is 111 Å². The van der Waals surface area contributed by atoms with E-state index in [0.717, 1.165) is 0 Å². The first-order chi connectivity index (χ1) is 9.99. The van der Waals surface area contributed by atoms with Gasteiger partial charge in [0.25, 0.3) is 5.69 Å². The fourth-order valence-corrected chi connectivity index (χ4v) is 1.88. The number of pyridine rings is 1. The van der Waals surface area contributed by atoms with E-state index < -0.39 is 9.85 Å². The molecule has 2 rings (SSSR count). The van der Waals surface area contributed by atoms with E-state index in [1.165, 1.54) is 18.3 Å². The van der Waals surface area contributed by atoms with Crippen molar-refractivity contribution in [3.8, 4) is 0 Å². The van der Waals surface area contributed by atoms with E-state index in [1.54, 1.807) is 25.1 Å². The summed E-state index contributed by atoms with van der Waals surface area (Å²) in [6.45, 7) is 1.83. The van der Waals surface area contributed by atoms with Gasteiger partial charge in [-0.1, -0.05) is 12.1 Å².